The number of anilines is 1. The number of carbonyl (C=O) groups is 1. The van der Waals surface area contributed by atoms with Crippen LogP contribution in [-0.4, -0.2) is 29.9 Å². The predicted octanol–water partition coefficient (Wildman–Crippen LogP) is 5.83. The quantitative estimate of drug-likeness (QED) is 0.358. The van der Waals surface area contributed by atoms with E-state index in [9.17, 15) is 4.79 Å². The molecular formula is C28H27N3O3. The zero-order chi connectivity index (χ0) is 24.1. The summed E-state index contributed by atoms with van der Waals surface area (Å²) in [5.41, 5.74) is 6.25. The lowest BCUT2D eigenvalue weighted by Crippen LogP contribution is -2.08. The highest BCUT2D eigenvalue weighted by Crippen LogP contribution is 2.33. The van der Waals surface area contributed by atoms with Crippen molar-refractivity contribution in [2.45, 2.75) is 13.8 Å². The number of hydrogen-bond donors (Lipinski definition) is 1. The lowest BCUT2D eigenvalue weighted by Gasteiger charge is -2.09. The highest BCUT2D eigenvalue weighted by molar-refractivity contribution is 6.02. The molecule has 0 aliphatic carbocycles. The minimum atomic E-state index is -0.212. The average molecular weight is 454 g/mol. The summed E-state index contributed by atoms with van der Waals surface area (Å²) in [5.74, 6) is 1.03. The molecule has 0 atom stereocenters. The predicted molar refractivity (Wildman–Crippen MR) is 136 cm³/mol. The van der Waals surface area contributed by atoms with E-state index in [1.54, 1.807) is 25.0 Å². The van der Waals surface area contributed by atoms with Gasteiger partial charge in [-0.1, -0.05) is 24.3 Å². The summed E-state index contributed by atoms with van der Waals surface area (Å²) in [7, 11) is 3.20. The van der Waals surface area contributed by atoms with Crippen LogP contribution in [0.3, 0.4) is 0 Å². The molecule has 4 aromatic rings. The van der Waals surface area contributed by atoms with Gasteiger partial charge in [0.25, 0.3) is 0 Å². The van der Waals surface area contributed by atoms with Crippen molar-refractivity contribution in [1.82, 2.24) is 9.78 Å². The van der Waals surface area contributed by atoms with E-state index < -0.39 is 0 Å². The second kappa shape index (κ2) is 10.1. The molecule has 0 aliphatic rings. The van der Waals surface area contributed by atoms with Gasteiger partial charge in [-0.2, -0.15) is 5.10 Å². The maximum atomic E-state index is 12.7. The molecule has 0 radical (unpaired) electrons. The van der Waals surface area contributed by atoms with Gasteiger partial charge in [-0.05, 0) is 73.5 Å². The van der Waals surface area contributed by atoms with Gasteiger partial charge in [0, 0.05) is 29.1 Å². The Morgan fingerprint density at radius 3 is 2.29 bits per heavy atom. The number of rotatable bonds is 7. The summed E-state index contributed by atoms with van der Waals surface area (Å²) in [6.45, 7) is 4.01. The van der Waals surface area contributed by atoms with Crippen molar-refractivity contribution in [3.05, 3.63) is 95.7 Å². The molecule has 6 nitrogen and oxygen atoms in total. The molecule has 1 amide bonds. The first kappa shape index (κ1) is 22.9. The number of aryl methyl sites for hydroxylation is 2. The van der Waals surface area contributed by atoms with Crippen molar-refractivity contribution in [2.75, 3.05) is 19.5 Å². The van der Waals surface area contributed by atoms with Gasteiger partial charge in [-0.3, -0.25) is 4.79 Å². The average Bonchev–Trinajstić information content (AvgIpc) is 3.26. The Hall–Kier alpha value is -4.32. The fourth-order valence-electron chi connectivity index (χ4n) is 3.83. The minimum absolute atomic E-state index is 0.212. The highest BCUT2D eigenvalue weighted by atomic mass is 16.5. The van der Waals surface area contributed by atoms with Gasteiger partial charge in [-0.25, -0.2) is 4.68 Å². The molecule has 1 N–H and O–H groups in total. The van der Waals surface area contributed by atoms with Crippen LogP contribution < -0.4 is 14.8 Å². The fraction of sp³-hybridized carbons (Fsp3) is 0.143. The Labute approximate surface area is 199 Å². The van der Waals surface area contributed by atoms with Gasteiger partial charge < -0.3 is 14.8 Å². The van der Waals surface area contributed by atoms with Gasteiger partial charge in [0.05, 0.1) is 19.9 Å². The number of hydrogen-bond acceptors (Lipinski definition) is 4. The number of carbonyl (C=O) groups excluding carboxylic acids is 1. The number of nitrogens with zero attached hydrogens (tertiary/aromatic N) is 2. The van der Waals surface area contributed by atoms with E-state index in [0.717, 1.165) is 39.3 Å². The molecule has 0 aliphatic heterocycles. The zero-order valence-electron chi connectivity index (χ0n) is 19.7. The summed E-state index contributed by atoms with van der Waals surface area (Å²) in [4.78, 5) is 12.7. The van der Waals surface area contributed by atoms with Crippen LogP contribution in [0.15, 0.2) is 79.0 Å². The third-order valence-corrected chi connectivity index (χ3v) is 5.32. The molecule has 0 saturated carbocycles. The summed E-state index contributed by atoms with van der Waals surface area (Å²) in [6, 6.07) is 21.4. The molecule has 34 heavy (non-hydrogen) atoms. The van der Waals surface area contributed by atoms with Crippen LogP contribution >= 0.6 is 0 Å². The van der Waals surface area contributed by atoms with Gasteiger partial charge in [0.2, 0.25) is 5.91 Å². The van der Waals surface area contributed by atoms with Gasteiger partial charge >= 0.3 is 0 Å². The van der Waals surface area contributed by atoms with E-state index in [1.807, 2.05) is 80.7 Å². The Kier molecular flexibility index (Phi) is 6.78. The molecule has 4 rings (SSSR count). The molecule has 172 valence electrons. The molecule has 0 unspecified atom stereocenters. The standard InChI is InChI=1S/C28H27N3O3/c1-19-14-20(2)16-23(15-19)29-27(32)13-11-22-18-31(24-8-6-5-7-9-24)30-28(22)21-10-12-25(33-3)26(17-21)34-4/h5-18H,1-4H3,(H,29,32). The first-order valence-electron chi connectivity index (χ1n) is 10.9. The highest BCUT2D eigenvalue weighted by Gasteiger charge is 2.14. The topological polar surface area (TPSA) is 65.4 Å². The smallest absolute Gasteiger partial charge is 0.248 e. The van der Waals surface area contributed by atoms with Crippen molar-refractivity contribution in [3.63, 3.8) is 0 Å². The van der Waals surface area contributed by atoms with E-state index in [2.05, 4.69) is 11.4 Å². The Morgan fingerprint density at radius 2 is 1.62 bits per heavy atom. The van der Waals surface area contributed by atoms with Crippen LogP contribution in [-0.2, 0) is 4.79 Å². The second-order valence-electron chi connectivity index (χ2n) is 7.98. The maximum Gasteiger partial charge on any atom is 0.248 e. The molecule has 1 aromatic heterocycles. The molecule has 3 aromatic carbocycles. The zero-order valence-corrected chi connectivity index (χ0v) is 19.7. The number of amides is 1. The molecule has 0 saturated heterocycles. The third-order valence-electron chi connectivity index (χ3n) is 5.32. The number of methoxy groups -OCH3 is 2. The molecule has 6 heteroatoms. The Bertz CT molecular complexity index is 1320. The lowest BCUT2D eigenvalue weighted by molar-refractivity contribution is -0.111. The van der Waals surface area contributed by atoms with Gasteiger partial charge in [-0.15, -0.1) is 0 Å². The van der Waals surface area contributed by atoms with Crippen LogP contribution in [0, 0.1) is 13.8 Å². The lowest BCUT2D eigenvalue weighted by atomic mass is 10.1. The number of benzene rings is 3. The normalized spacial score (nSPS) is 10.9. The van der Waals surface area contributed by atoms with E-state index in [1.165, 1.54) is 6.08 Å². The number of para-hydroxylation sites is 1. The number of ether oxygens (including phenoxy) is 2. The van der Waals surface area contributed by atoms with Crippen molar-refractivity contribution >= 4 is 17.7 Å². The molecule has 0 bridgehead atoms. The van der Waals surface area contributed by atoms with Crippen LogP contribution in [0.1, 0.15) is 16.7 Å². The third kappa shape index (κ3) is 5.18. The van der Waals surface area contributed by atoms with E-state index in [4.69, 9.17) is 14.6 Å². The van der Waals surface area contributed by atoms with E-state index >= 15 is 0 Å². The van der Waals surface area contributed by atoms with Gasteiger partial charge in [0.15, 0.2) is 11.5 Å². The maximum absolute atomic E-state index is 12.7. The number of aromatic nitrogens is 2. The monoisotopic (exact) mass is 453 g/mol. The SMILES string of the molecule is COc1ccc(-c2nn(-c3ccccc3)cc2C=CC(=O)Nc2cc(C)cc(C)c2)cc1OC. The van der Waals surface area contributed by atoms with Crippen molar-refractivity contribution in [1.29, 1.82) is 0 Å². The first-order chi connectivity index (χ1) is 16.5. The van der Waals surface area contributed by atoms with Gasteiger partial charge in [0.1, 0.15) is 5.69 Å². The number of nitrogens with one attached hydrogen (secondary N) is 1. The van der Waals surface area contributed by atoms with E-state index in [-0.39, 0.29) is 5.91 Å². The van der Waals surface area contributed by atoms with E-state index in [0.29, 0.717) is 11.5 Å². The Morgan fingerprint density at radius 1 is 0.912 bits per heavy atom. The second-order valence-corrected chi connectivity index (χ2v) is 7.98. The molecule has 1 heterocycles. The fourth-order valence-corrected chi connectivity index (χ4v) is 3.83. The van der Waals surface area contributed by atoms with Crippen LogP contribution in [0.25, 0.3) is 23.0 Å². The first-order valence-corrected chi connectivity index (χ1v) is 10.9. The minimum Gasteiger partial charge on any atom is -0.493 e. The van der Waals surface area contributed by atoms with Crippen molar-refractivity contribution < 1.29 is 14.3 Å². The molecule has 0 fully saturated rings. The van der Waals surface area contributed by atoms with Crippen LogP contribution in [0.4, 0.5) is 5.69 Å². The summed E-state index contributed by atoms with van der Waals surface area (Å²) in [6.07, 6.45) is 5.20. The summed E-state index contributed by atoms with van der Waals surface area (Å²) in [5, 5.41) is 7.74. The molecular weight excluding hydrogens is 426 g/mol. The van der Waals surface area contributed by atoms with Crippen molar-refractivity contribution in [2.24, 2.45) is 0 Å². The summed E-state index contributed by atoms with van der Waals surface area (Å²) < 4.78 is 12.6. The molecule has 0 spiro atoms. The summed E-state index contributed by atoms with van der Waals surface area (Å²) >= 11 is 0. The van der Waals surface area contributed by atoms with Crippen LogP contribution in [0.2, 0.25) is 0 Å². The van der Waals surface area contributed by atoms with Crippen molar-refractivity contribution in [3.8, 4) is 28.4 Å². The Balaban J connectivity index is 1.69. The largest absolute Gasteiger partial charge is 0.493 e. The van der Waals surface area contributed by atoms with Crippen LogP contribution in [0.5, 0.6) is 11.5 Å².